The smallest absolute Gasteiger partial charge is 0.270 e. The fraction of sp³-hybridized carbons (Fsp3) is 0.455. The third-order valence-electron chi connectivity index (χ3n) is 2.55. The molecule has 0 heterocycles. The van der Waals surface area contributed by atoms with Gasteiger partial charge in [0.05, 0.1) is 10.6 Å². The molecule has 1 aromatic rings. The number of nitrogens with zero attached hydrogens (tertiary/aromatic N) is 1. The minimum absolute atomic E-state index is 0.100. The summed E-state index contributed by atoms with van der Waals surface area (Å²) in [6.07, 6.45) is 0. The van der Waals surface area contributed by atoms with Gasteiger partial charge < -0.3 is 5.43 Å². The van der Waals surface area contributed by atoms with Crippen molar-refractivity contribution in [1.82, 2.24) is 4.72 Å². The minimum atomic E-state index is -3.90. The van der Waals surface area contributed by atoms with Gasteiger partial charge in [-0.15, -0.1) is 0 Å². The highest BCUT2D eigenvalue weighted by Gasteiger charge is 2.23. The van der Waals surface area contributed by atoms with Crippen LogP contribution in [0.2, 0.25) is 0 Å². The van der Waals surface area contributed by atoms with Gasteiger partial charge in [0.15, 0.2) is 0 Å². The van der Waals surface area contributed by atoms with Gasteiger partial charge in [-0.1, -0.05) is 6.92 Å². The molecule has 0 aromatic heterocycles. The molecule has 0 saturated carbocycles. The largest absolute Gasteiger partial charge is 0.323 e. The Morgan fingerprint density at radius 2 is 2.14 bits per heavy atom. The molecule has 1 rings (SSSR count). The lowest BCUT2D eigenvalue weighted by molar-refractivity contribution is -0.385. The van der Waals surface area contributed by atoms with Crippen LogP contribution in [0.5, 0.6) is 0 Å². The zero-order valence-corrected chi connectivity index (χ0v) is 13.3. The molecule has 0 aliphatic rings. The number of thioether (sulfide) groups is 1. The van der Waals surface area contributed by atoms with E-state index in [9.17, 15) is 18.5 Å². The van der Waals surface area contributed by atoms with Crippen LogP contribution < -0.4 is 16.0 Å². The van der Waals surface area contributed by atoms with Crippen molar-refractivity contribution in [3.05, 3.63) is 28.3 Å². The van der Waals surface area contributed by atoms with Gasteiger partial charge in [-0.3, -0.25) is 16.0 Å². The van der Waals surface area contributed by atoms with Crippen molar-refractivity contribution in [3.63, 3.8) is 0 Å². The van der Waals surface area contributed by atoms with Gasteiger partial charge in [-0.25, -0.2) is 13.1 Å². The highest BCUT2D eigenvalue weighted by Crippen LogP contribution is 2.26. The fourth-order valence-corrected chi connectivity index (χ4v) is 3.83. The number of nitro benzene ring substituents is 1. The Morgan fingerprint density at radius 3 is 2.67 bits per heavy atom. The van der Waals surface area contributed by atoms with Crippen LogP contribution in [-0.2, 0) is 10.0 Å². The van der Waals surface area contributed by atoms with Gasteiger partial charge in [-0.2, -0.15) is 11.8 Å². The molecule has 8 nitrogen and oxygen atoms in total. The summed E-state index contributed by atoms with van der Waals surface area (Å²) in [5.74, 6) is 6.75. The Balaban J connectivity index is 3.11. The van der Waals surface area contributed by atoms with Crippen LogP contribution in [0.4, 0.5) is 11.4 Å². The van der Waals surface area contributed by atoms with E-state index in [0.29, 0.717) is 5.75 Å². The number of hydrogen-bond donors (Lipinski definition) is 3. The Hall–Kier alpha value is -1.36. The Bertz CT molecular complexity index is 606. The first-order valence-electron chi connectivity index (χ1n) is 6.17. The topological polar surface area (TPSA) is 127 Å². The molecule has 1 unspecified atom stereocenters. The van der Waals surface area contributed by atoms with Crippen molar-refractivity contribution in [2.45, 2.75) is 24.8 Å². The van der Waals surface area contributed by atoms with Crippen LogP contribution in [0.15, 0.2) is 23.1 Å². The third kappa shape index (κ3) is 4.84. The van der Waals surface area contributed by atoms with Crippen molar-refractivity contribution < 1.29 is 13.3 Å². The number of hydrogen-bond acceptors (Lipinski definition) is 7. The van der Waals surface area contributed by atoms with Crippen LogP contribution in [0.1, 0.15) is 13.8 Å². The van der Waals surface area contributed by atoms with E-state index in [1.54, 1.807) is 18.7 Å². The van der Waals surface area contributed by atoms with Crippen molar-refractivity contribution >= 4 is 33.2 Å². The molecular weight excluding hydrogens is 316 g/mol. The summed E-state index contributed by atoms with van der Waals surface area (Å²) in [6.45, 7) is 3.70. The molecule has 1 atom stereocenters. The van der Waals surface area contributed by atoms with Crippen LogP contribution in [0, 0.1) is 10.1 Å². The first kappa shape index (κ1) is 17.7. The second-order valence-electron chi connectivity index (χ2n) is 4.26. The third-order valence-corrected chi connectivity index (χ3v) is 5.32. The number of nitrogens with one attached hydrogen (secondary N) is 2. The van der Waals surface area contributed by atoms with E-state index in [-0.39, 0.29) is 22.3 Å². The lowest BCUT2D eigenvalue weighted by Gasteiger charge is -2.15. The average Bonchev–Trinajstić information content (AvgIpc) is 2.43. The number of sulfonamides is 1. The number of rotatable bonds is 8. The molecule has 0 bridgehead atoms. The van der Waals surface area contributed by atoms with E-state index in [2.05, 4.69) is 10.1 Å². The molecule has 21 heavy (non-hydrogen) atoms. The maximum absolute atomic E-state index is 12.3. The predicted molar refractivity (Wildman–Crippen MR) is 83.7 cm³/mol. The molecule has 118 valence electrons. The molecule has 0 aliphatic heterocycles. The molecule has 0 amide bonds. The second-order valence-corrected chi connectivity index (χ2v) is 7.27. The summed E-state index contributed by atoms with van der Waals surface area (Å²) in [7, 11) is -3.90. The van der Waals surface area contributed by atoms with Crippen LogP contribution >= 0.6 is 11.8 Å². The normalized spacial score (nSPS) is 12.9. The minimum Gasteiger partial charge on any atom is -0.323 e. The Morgan fingerprint density at radius 1 is 1.48 bits per heavy atom. The second kappa shape index (κ2) is 7.59. The van der Waals surface area contributed by atoms with Gasteiger partial charge in [0, 0.05) is 23.9 Å². The van der Waals surface area contributed by atoms with Crippen molar-refractivity contribution in [1.29, 1.82) is 0 Å². The first-order chi connectivity index (χ1) is 9.81. The number of hydrazine groups is 1. The number of nitro groups is 1. The highest BCUT2D eigenvalue weighted by molar-refractivity contribution is 7.99. The van der Waals surface area contributed by atoms with Gasteiger partial charge in [-0.05, 0) is 18.7 Å². The maximum Gasteiger partial charge on any atom is 0.270 e. The van der Waals surface area contributed by atoms with E-state index in [1.807, 2.05) is 6.92 Å². The molecular formula is C11H18N4O4S2. The van der Waals surface area contributed by atoms with Crippen LogP contribution in [-0.4, -0.2) is 30.9 Å². The van der Waals surface area contributed by atoms with E-state index in [4.69, 9.17) is 5.84 Å². The number of nitrogen functional groups attached to an aromatic ring is 1. The van der Waals surface area contributed by atoms with Crippen molar-refractivity contribution in [3.8, 4) is 0 Å². The zero-order valence-electron chi connectivity index (χ0n) is 11.7. The van der Waals surface area contributed by atoms with Gasteiger partial charge in [0.1, 0.15) is 4.90 Å². The SMILES string of the molecule is CCSCC(C)NS(=O)(=O)c1cc([N+](=O)[O-])ccc1NN. The number of anilines is 1. The van der Waals surface area contributed by atoms with Crippen molar-refractivity contribution in [2.24, 2.45) is 5.84 Å². The summed E-state index contributed by atoms with van der Waals surface area (Å²) in [5, 5.41) is 10.8. The summed E-state index contributed by atoms with van der Waals surface area (Å²) in [4.78, 5) is 9.88. The lowest BCUT2D eigenvalue weighted by atomic mass is 10.3. The summed E-state index contributed by atoms with van der Waals surface area (Å²) < 4.78 is 27.1. The van der Waals surface area contributed by atoms with E-state index < -0.39 is 14.9 Å². The quantitative estimate of drug-likeness (QED) is 0.371. The Labute approximate surface area is 127 Å². The summed E-state index contributed by atoms with van der Waals surface area (Å²) in [5.41, 5.74) is 2.02. The summed E-state index contributed by atoms with van der Waals surface area (Å²) >= 11 is 1.59. The maximum atomic E-state index is 12.3. The number of benzene rings is 1. The number of nitrogens with two attached hydrogens (primary N) is 1. The van der Waals surface area contributed by atoms with Gasteiger partial charge in [0.25, 0.3) is 5.69 Å². The molecule has 0 fully saturated rings. The highest BCUT2D eigenvalue weighted by atomic mass is 32.2. The van der Waals surface area contributed by atoms with Crippen LogP contribution in [0.3, 0.4) is 0 Å². The monoisotopic (exact) mass is 334 g/mol. The molecule has 10 heteroatoms. The zero-order chi connectivity index (χ0) is 16.0. The Kier molecular flexibility index (Phi) is 6.40. The standard InChI is InChI=1S/C11H18N4O4S2/c1-3-20-7-8(2)14-21(18,19)11-6-9(15(16)17)4-5-10(11)13-12/h4-6,8,13-14H,3,7,12H2,1-2H3. The lowest BCUT2D eigenvalue weighted by Crippen LogP contribution is -2.35. The van der Waals surface area contributed by atoms with E-state index >= 15 is 0 Å². The van der Waals surface area contributed by atoms with Crippen LogP contribution in [0.25, 0.3) is 0 Å². The molecule has 0 spiro atoms. The van der Waals surface area contributed by atoms with Gasteiger partial charge >= 0.3 is 0 Å². The predicted octanol–water partition coefficient (Wildman–Crippen LogP) is 1.30. The number of non-ortho nitro benzene ring substituents is 1. The van der Waals surface area contributed by atoms with E-state index in [0.717, 1.165) is 11.8 Å². The summed E-state index contributed by atoms with van der Waals surface area (Å²) in [6, 6.07) is 3.13. The molecule has 0 saturated heterocycles. The average molecular weight is 334 g/mol. The molecule has 0 radical (unpaired) electrons. The molecule has 1 aromatic carbocycles. The fourth-order valence-electron chi connectivity index (χ4n) is 1.62. The van der Waals surface area contributed by atoms with E-state index in [1.165, 1.54) is 12.1 Å². The van der Waals surface area contributed by atoms with Crippen molar-refractivity contribution in [2.75, 3.05) is 16.9 Å². The first-order valence-corrected chi connectivity index (χ1v) is 8.80. The van der Waals surface area contributed by atoms with Gasteiger partial charge in [0.2, 0.25) is 10.0 Å². The molecule has 0 aliphatic carbocycles. The molecule has 4 N–H and O–H groups in total.